The Bertz CT molecular complexity index is 1430. The molecule has 0 N–H and O–H groups in total. The van der Waals surface area contributed by atoms with Gasteiger partial charge >= 0.3 is 0 Å². The average molecular weight is 461 g/mol. The number of carbonyl (C=O) groups is 1. The van der Waals surface area contributed by atoms with Gasteiger partial charge in [-0.3, -0.25) is 9.59 Å². The number of imidazole rings is 1. The second-order valence-corrected chi connectivity index (χ2v) is 8.80. The van der Waals surface area contributed by atoms with Crippen LogP contribution in [0.25, 0.3) is 16.7 Å². The van der Waals surface area contributed by atoms with E-state index in [1.54, 1.807) is 40.1 Å². The van der Waals surface area contributed by atoms with Gasteiger partial charge in [-0.25, -0.2) is 4.98 Å². The number of carbonyl (C=O) groups excluding carboxylic acids is 1. The topological polar surface area (TPSA) is 73.3 Å². The van der Waals surface area contributed by atoms with E-state index in [1.807, 2.05) is 45.6 Å². The molecule has 0 aliphatic carbocycles. The molecule has 7 heteroatoms. The number of benzene rings is 1. The van der Waals surface area contributed by atoms with Crippen LogP contribution >= 0.6 is 0 Å². The van der Waals surface area contributed by atoms with E-state index in [0.29, 0.717) is 17.9 Å². The molecular weight excluding hydrogens is 428 g/mol. The standard InChI is InChI=1S/C25H26N4O3.C2H6/c1-14-8-19-20(12-32-23(19)9-15(14)2)18(5)29-17(4)11-28-22(25(29)31)7-6-21(24(28)30)27-10-16(3)26-13-27;1-2/h6-10,12-13,17-18H,11H2,1-5H3;1-2H3. The zero-order chi connectivity index (χ0) is 24.7. The van der Waals surface area contributed by atoms with Crippen LogP contribution in [0.4, 0.5) is 0 Å². The van der Waals surface area contributed by atoms with Crippen molar-refractivity contribution in [2.24, 2.45) is 0 Å². The van der Waals surface area contributed by atoms with E-state index in [4.69, 9.17) is 4.42 Å². The smallest absolute Gasteiger partial charge is 0.275 e. The predicted octanol–water partition coefficient (Wildman–Crippen LogP) is 5.34. The normalized spacial score (nSPS) is 16.3. The van der Waals surface area contributed by atoms with Crippen LogP contribution < -0.4 is 5.56 Å². The third-order valence-electron chi connectivity index (χ3n) is 6.61. The summed E-state index contributed by atoms with van der Waals surface area (Å²) < 4.78 is 9.11. The Labute approximate surface area is 199 Å². The van der Waals surface area contributed by atoms with Crippen molar-refractivity contribution in [3.05, 3.63) is 81.5 Å². The first-order valence-electron chi connectivity index (χ1n) is 11.8. The van der Waals surface area contributed by atoms with Gasteiger partial charge in [-0.05, 0) is 70.0 Å². The molecule has 1 amide bonds. The highest BCUT2D eigenvalue weighted by Crippen LogP contribution is 2.34. The van der Waals surface area contributed by atoms with Crippen LogP contribution in [-0.2, 0) is 6.54 Å². The number of fused-ring (bicyclic) bond motifs is 2. The lowest BCUT2D eigenvalue weighted by Gasteiger charge is -2.39. The molecule has 0 saturated heterocycles. The Morgan fingerprint density at radius 2 is 1.79 bits per heavy atom. The Balaban J connectivity index is 0.00000133. The average Bonchev–Trinajstić information content (AvgIpc) is 3.42. The molecule has 4 aromatic rings. The van der Waals surface area contributed by atoms with E-state index in [-0.39, 0.29) is 23.6 Å². The second-order valence-electron chi connectivity index (χ2n) is 8.80. The van der Waals surface area contributed by atoms with Gasteiger partial charge in [0.2, 0.25) is 0 Å². The first kappa shape index (κ1) is 23.5. The summed E-state index contributed by atoms with van der Waals surface area (Å²) in [6.07, 6.45) is 5.18. The summed E-state index contributed by atoms with van der Waals surface area (Å²) in [6, 6.07) is 7.25. The van der Waals surface area contributed by atoms with Crippen LogP contribution in [-0.4, -0.2) is 31.0 Å². The predicted molar refractivity (Wildman–Crippen MR) is 134 cm³/mol. The highest BCUT2D eigenvalue weighted by molar-refractivity contribution is 5.94. The minimum atomic E-state index is -0.194. The van der Waals surface area contributed by atoms with Gasteiger partial charge in [-0.1, -0.05) is 13.8 Å². The van der Waals surface area contributed by atoms with Crippen molar-refractivity contribution in [3.8, 4) is 5.69 Å². The number of amides is 1. The molecule has 7 nitrogen and oxygen atoms in total. The number of rotatable bonds is 3. The highest BCUT2D eigenvalue weighted by Gasteiger charge is 2.35. The number of furan rings is 1. The summed E-state index contributed by atoms with van der Waals surface area (Å²) in [5, 5.41) is 1.02. The van der Waals surface area contributed by atoms with Gasteiger partial charge in [-0.2, -0.15) is 0 Å². The van der Waals surface area contributed by atoms with Gasteiger partial charge in [0.15, 0.2) is 0 Å². The third-order valence-corrected chi connectivity index (χ3v) is 6.61. The van der Waals surface area contributed by atoms with Crippen LogP contribution in [0.1, 0.15) is 66.6 Å². The lowest BCUT2D eigenvalue weighted by Crippen LogP contribution is -2.50. The lowest BCUT2D eigenvalue weighted by atomic mass is 9.99. The van der Waals surface area contributed by atoms with Crippen LogP contribution in [0.5, 0.6) is 0 Å². The molecule has 34 heavy (non-hydrogen) atoms. The van der Waals surface area contributed by atoms with Crippen molar-refractivity contribution >= 4 is 16.9 Å². The van der Waals surface area contributed by atoms with E-state index in [0.717, 1.165) is 22.2 Å². The fraction of sp³-hybridized carbons (Fsp3) is 0.370. The van der Waals surface area contributed by atoms with E-state index < -0.39 is 0 Å². The van der Waals surface area contributed by atoms with E-state index in [2.05, 4.69) is 24.9 Å². The Morgan fingerprint density at radius 1 is 1.09 bits per heavy atom. The Kier molecular flexibility index (Phi) is 6.21. The van der Waals surface area contributed by atoms with Crippen molar-refractivity contribution in [2.75, 3.05) is 0 Å². The minimum Gasteiger partial charge on any atom is -0.464 e. The van der Waals surface area contributed by atoms with Crippen molar-refractivity contribution in [3.63, 3.8) is 0 Å². The molecule has 0 radical (unpaired) electrons. The molecule has 1 aliphatic rings. The molecule has 3 aromatic heterocycles. The zero-order valence-electron chi connectivity index (χ0n) is 20.9. The lowest BCUT2D eigenvalue weighted by molar-refractivity contribution is 0.0511. The largest absolute Gasteiger partial charge is 0.464 e. The van der Waals surface area contributed by atoms with Crippen molar-refractivity contribution in [1.82, 2.24) is 19.0 Å². The molecule has 178 valence electrons. The number of nitrogens with zero attached hydrogens (tertiary/aromatic N) is 4. The van der Waals surface area contributed by atoms with Crippen LogP contribution in [0.2, 0.25) is 0 Å². The summed E-state index contributed by atoms with van der Waals surface area (Å²) in [4.78, 5) is 32.8. The molecule has 1 aliphatic heterocycles. The zero-order valence-corrected chi connectivity index (χ0v) is 20.9. The van der Waals surface area contributed by atoms with Gasteiger partial charge < -0.3 is 18.5 Å². The maximum Gasteiger partial charge on any atom is 0.275 e. The van der Waals surface area contributed by atoms with Crippen molar-refractivity contribution < 1.29 is 9.21 Å². The first-order valence-corrected chi connectivity index (χ1v) is 11.8. The molecule has 0 saturated carbocycles. The van der Waals surface area contributed by atoms with Gasteiger partial charge in [0, 0.05) is 29.7 Å². The molecule has 4 heterocycles. The van der Waals surface area contributed by atoms with Gasteiger partial charge in [0.1, 0.15) is 17.0 Å². The highest BCUT2D eigenvalue weighted by atomic mass is 16.3. The van der Waals surface area contributed by atoms with Crippen LogP contribution in [0.15, 0.2) is 52.3 Å². The van der Waals surface area contributed by atoms with E-state index >= 15 is 0 Å². The summed E-state index contributed by atoms with van der Waals surface area (Å²) in [5.41, 5.74) is 5.69. The van der Waals surface area contributed by atoms with Crippen molar-refractivity contribution in [1.29, 1.82) is 0 Å². The van der Waals surface area contributed by atoms with Crippen LogP contribution in [0, 0.1) is 20.8 Å². The van der Waals surface area contributed by atoms with Gasteiger partial charge in [-0.15, -0.1) is 0 Å². The molecule has 2 unspecified atom stereocenters. The maximum absolute atomic E-state index is 13.5. The minimum absolute atomic E-state index is 0.153. The van der Waals surface area contributed by atoms with E-state index in [1.165, 1.54) is 11.1 Å². The Morgan fingerprint density at radius 3 is 2.47 bits per heavy atom. The molecule has 1 aromatic carbocycles. The number of aryl methyl sites for hydroxylation is 3. The number of hydrogen-bond donors (Lipinski definition) is 0. The van der Waals surface area contributed by atoms with Crippen molar-refractivity contribution in [2.45, 2.75) is 67.1 Å². The van der Waals surface area contributed by atoms with Gasteiger partial charge in [0.25, 0.3) is 11.5 Å². The quantitative estimate of drug-likeness (QED) is 0.414. The van der Waals surface area contributed by atoms with Crippen LogP contribution in [0.3, 0.4) is 0 Å². The monoisotopic (exact) mass is 460 g/mol. The number of hydrogen-bond acceptors (Lipinski definition) is 4. The summed E-state index contributed by atoms with van der Waals surface area (Å²) in [6.45, 7) is 14.4. The molecule has 5 rings (SSSR count). The molecular formula is C27H32N4O3. The molecule has 0 spiro atoms. The third kappa shape index (κ3) is 3.75. The fourth-order valence-corrected chi connectivity index (χ4v) is 4.70. The molecule has 0 bridgehead atoms. The maximum atomic E-state index is 13.5. The second kappa shape index (κ2) is 8.97. The molecule has 2 atom stereocenters. The summed E-state index contributed by atoms with van der Waals surface area (Å²) in [5.74, 6) is -0.153. The molecule has 0 fully saturated rings. The number of aromatic nitrogens is 3. The fourth-order valence-electron chi connectivity index (χ4n) is 4.70. The summed E-state index contributed by atoms with van der Waals surface area (Å²) >= 11 is 0. The first-order chi connectivity index (χ1) is 16.3. The number of pyridine rings is 1. The van der Waals surface area contributed by atoms with Gasteiger partial charge in [0.05, 0.1) is 24.3 Å². The van der Waals surface area contributed by atoms with E-state index in [9.17, 15) is 9.59 Å². The summed E-state index contributed by atoms with van der Waals surface area (Å²) in [7, 11) is 0. The Hall–Kier alpha value is -3.61. The SMILES string of the molecule is CC.Cc1cn(-c2ccc3n(c2=O)CC(C)N(C(C)c2coc4cc(C)c(C)cc24)C3=O)cn1.